The van der Waals surface area contributed by atoms with Gasteiger partial charge in [-0.25, -0.2) is 0 Å². The number of aryl methyl sites for hydroxylation is 1. The van der Waals surface area contributed by atoms with Gasteiger partial charge in [-0.05, 0) is 53.8 Å². The highest BCUT2D eigenvalue weighted by atomic mass is 16.1. The van der Waals surface area contributed by atoms with Gasteiger partial charge in [-0.15, -0.1) is 0 Å². The standard InChI is InChI=1S/C21H22N4O/c1-22-21(26)16-6-4-15(5-7-16)14-25-10-2-3-18-11-17(8-9-20(18)25)19-12-23-24-13-19/h4-9,11-13H,2-3,10,14H2,1H3,(H,22,26)(H,23,24). The maximum Gasteiger partial charge on any atom is 0.251 e. The summed E-state index contributed by atoms with van der Waals surface area (Å²) in [4.78, 5) is 14.1. The number of hydrogen-bond acceptors (Lipinski definition) is 3. The van der Waals surface area contributed by atoms with Crippen molar-refractivity contribution in [3.63, 3.8) is 0 Å². The molecule has 0 bridgehead atoms. The highest BCUT2D eigenvalue weighted by Gasteiger charge is 2.18. The number of aromatic nitrogens is 2. The Hall–Kier alpha value is -3.08. The molecule has 1 aliphatic heterocycles. The van der Waals surface area contributed by atoms with Crippen molar-refractivity contribution in [2.75, 3.05) is 18.5 Å². The molecular formula is C21H22N4O. The number of aromatic amines is 1. The lowest BCUT2D eigenvalue weighted by molar-refractivity contribution is 0.0963. The van der Waals surface area contributed by atoms with E-state index in [1.54, 1.807) is 7.05 Å². The van der Waals surface area contributed by atoms with E-state index in [1.165, 1.54) is 22.4 Å². The van der Waals surface area contributed by atoms with E-state index in [9.17, 15) is 4.79 Å². The molecule has 4 rings (SSSR count). The number of benzene rings is 2. The van der Waals surface area contributed by atoms with E-state index in [-0.39, 0.29) is 5.91 Å². The Bertz CT molecular complexity index is 900. The Balaban J connectivity index is 1.55. The molecule has 5 heteroatoms. The second-order valence-electron chi connectivity index (χ2n) is 6.63. The molecule has 132 valence electrons. The van der Waals surface area contributed by atoms with E-state index < -0.39 is 0 Å². The van der Waals surface area contributed by atoms with Crippen LogP contribution in [-0.2, 0) is 13.0 Å². The number of H-pyrrole nitrogens is 1. The fourth-order valence-corrected chi connectivity index (χ4v) is 3.55. The van der Waals surface area contributed by atoms with E-state index in [2.05, 4.69) is 38.6 Å². The molecule has 5 nitrogen and oxygen atoms in total. The van der Waals surface area contributed by atoms with Crippen molar-refractivity contribution in [1.82, 2.24) is 15.5 Å². The summed E-state index contributed by atoms with van der Waals surface area (Å²) in [7, 11) is 1.65. The number of anilines is 1. The lowest BCUT2D eigenvalue weighted by Crippen LogP contribution is -2.28. The number of nitrogens with zero attached hydrogens (tertiary/aromatic N) is 2. The monoisotopic (exact) mass is 346 g/mol. The summed E-state index contributed by atoms with van der Waals surface area (Å²) < 4.78 is 0. The number of carbonyl (C=O) groups excluding carboxylic acids is 1. The molecule has 1 aliphatic rings. The van der Waals surface area contributed by atoms with Gasteiger partial charge in [0.05, 0.1) is 6.20 Å². The van der Waals surface area contributed by atoms with Crippen LogP contribution in [0, 0.1) is 0 Å². The number of rotatable bonds is 4. The van der Waals surface area contributed by atoms with E-state index in [1.807, 2.05) is 36.7 Å². The molecule has 2 heterocycles. The third-order valence-corrected chi connectivity index (χ3v) is 4.94. The Morgan fingerprint density at radius 3 is 2.77 bits per heavy atom. The molecule has 2 N–H and O–H groups in total. The van der Waals surface area contributed by atoms with Gasteiger partial charge in [0.1, 0.15) is 0 Å². The van der Waals surface area contributed by atoms with Gasteiger partial charge in [0.25, 0.3) is 5.91 Å². The van der Waals surface area contributed by atoms with Crippen LogP contribution in [0.2, 0.25) is 0 Å². The Morgan fingerprint density at radius 1 is 1.19 bits per heavy atom. The van der Waals surface area contributed by atoms with Crippen molar-refractivity contribution >= 4 is 11.6 Å². The number of hydrogen-bond donors (Lipinski definition) is 2. The summed E-state index contributed by atoms with van der Waals surface area (Å²) in [5.74, 6) is -0.0494. The van der Waals surface area contributed by atoms with Crippen molar-refractivity contribution < 1.29 is 4.79 Å². The minimum atomic E-state index is -0.0494. The van der Waals surface area contributed by atoms with Crippen LogP contribution in [-0.4, -0.2) is 29.7 Å². The first kappa shape index (κ1) is 16.4. The zero-order valence-electron chi connectivity index (χ0n) is 14.8. The Kier molecular flexibility index (Phi) is 4.44. The number of nitrogens with one attached hydrogen (secondary N) is 2. The summed E-state index contributed by atoms with van der Waals surface area (Å²) in [5, 5.41) is 9.58. The number of fused-ring (bicyclic) bond motifs is 1. The van der Waals surface area contributed by atoms with Crippen LogP contribution in [0.5, 0.6) is 0 Å². The van der Waals surface area contributed by atoms with Gasteiger partial charge in [0, 0.05) is 43.1 Å². The van der Waals surface area contributed by atoms with Crippen molar-refractivity contribution in [3.8, 4) is 11.1 Å². The Morgan fingerprint density at radius 2 is 2.04 bits per heavy atom. The molecule has 0 unspecified atom stereocenters. The van der Waals surface area contributed by atoms with Crippen molar-refractivity contribution in [2.24, 2.45) is 0 Å². The van der Waals surface area contributed by atoms with Gasteiger partial charge in [-0.1, -0.05) is 18.2 Å². The van der Waals surface area contributed by atoms with Crippen LogP contribution in [0.25, 0.3) is 11.1 Å². The van der Waals surface area contributed by atoms with Crippen LogP contribution in [0.3, 0.4) is 0 Å². The topological polar surface area (TPSA) is 61.0 Å². The summed E-state index contributed by atoms with van der Waals surface area (Å²) in [6.07, 6.45) is 6.04. The highest BCUT2D eigenvalue weighted by Crippen LogP contribution is 2.32. The molecule has 0 fully saturated rings. The minimum Gasteiger partial charge on any atom is -0.367 e. The van der Waals surface area contributed by atoms with Gasteiger partial charge in [0.15, 0.2) is 0 Å². The quantitative estimate of drug-likeness (QED) is 0.761. The van der Waals surface area contributed by atoms with Crippen molar-refractivity contribution in [2.45, 2.75) is 19.4 Å². The highest BCUT2D eigenvalue weighted by molar-refractivity contribution is 5.93. The summed E-state index contributed by atoms with van der Waals surface area (Å²) in [6.45, 7) is 1.90. The number of carbonyl (C=O) groups is 1. The summed E-state index contributed by atoms with van der Waals surface area (Å²) in [6, 6.07) is 14.5. The lowest BCUT2D eigenvalue weighted by atomic mass is 9.97. The molecular weight excluding hydrogens is 324 g/mol. The normalized spacial score (nSPS) is 13.3. The van der Waals surface area contributed by atoms with Gasteiger partial charge in [-0.3, -0.25) is 9.89 Å². The molecule has 2 aromatic carbocycles. The van der Waals surface area contributed by atoms with E-state index in [0.29, 0.717) is 5.56 Å². The van der Waals surface area contributed by atoms with Gasteiger partial charge in [0.2, 0.25) is 0 Å². The second-order valence-corrected chi connectivity index (χ2v) is 6.63. The lowest BCUT2D eigenvalue weighted by Gasteiger charge is -2.32. The average Bonchev–Trinajstić information content (AvgIpc) is 3.23. The predicted octanol–water partition coefficient (Wildman–Crippen LogP) is 3.39. The maximum absolute atomic E-state index is 11.7. The Labute approximate surface area is 153 Å². The maximum atomic E-state index is 11.7. The zero-order valence-corrected chi connectivity index (χ0v) is 14.8. The minimum absolute atomic E-state index is 0.0494. The first-order valence-electron chi connectivity index (χ1n) is 8.92. The van der Waals surface area contributed by atoms with Crippen molar-refractivity contribution in [1.29, 1.82) is 0 Å². The fourth-order valence-electron chi connectivity index (χ4n) is 3.55. The number of amides is 1. The van der Waals surface area contributed by atoms with Crippen LogP contribution in [0.4, 0.5) is 5.69 Å². The SMILES string of the molecule is CNC(=O)c1ccc(CN2CCCc3cc(-c4cn[nH]c4)ccc32)cc1. The molecule has 0 spiro atoms. The molecule has 1 amide bonds. The van der Waals surface area contributed by atoms with Gasteiger partial charge < -0.3 is 10.2 Å². The molecule has 0 aliphatic carbocycles. The van der Waals surface area contributed by atoms with Gasteiger partial charge >= 0.3 is 0 Å². The molecule has 0 saturated carbocycles. The predicted molar refractivity (Wildman–Crippen MR) is 103 cm³/mol. The van der Waals surface area contributed by atoms with Crippen LogP contribution in [0.15, 0.2) is 54.9 Å². The van der Waals surface area contributed by atoms with Crippen LogP contribution >= 0.6 is 0 Å². The fraction of sp³-hybridized carbons (Fsp3) is 0.238. The molecule has 0 radical (unpaired) electrons. The molecule has 26 heavy (non-hydrogen) atoms. The largest absolute Gasteiger partial charge is 0.367 e. The van der Waals surface area contributed by atoms with Crippen LogP contribution < -0.4 is 10.2 Å². The van der Waals surface area contributed by atoms with Gasteiger partial charge in [-0.2, -0.15) is 5.10 Å². The van der Waals surface area contributed by atoms with Crippen molar-refractivity contribution in [3.05, 3.63) is 71.5 Å². The third-order valence-electron chi connectivity index (χ3n) is 4.94. The molecule has 3 aromatic rings. The van der Waals surface area contributed by atoms with E-state index in [0.717, 1.165) is 31.5 Å². The molecule has 0 atom stereocenters. The van der Waals surface area contributed by atoms with E-state index >= 15 is 0 Å². The van der Waals surface area contributed by atoms with E-state index in [4.69, 9.17) is 0 Å². The van der Waals surface area contributed by atoms with Crippen LogP contribution in [0.1, 0.15) is 27.9 Å². The zero-order chi connectivity index (χ0) is 17.9. The smallest absolute Gasteiger partial charge is 0.251 e. The third kappa shape index (κ3) is 3.20. The summed E-state index contributed by atoms with van der Waals surface area (Å²) in [5.41, 5.74) is 6.92. The first-order valence-corrected chi connectivity index (χ1v) is 8.92. The molecule has 1 aromatic heterocycles. The molecule has 0 saturated heterocycles. The summed E-state index contributed by atoms with van der Waals surface area (Å²) >= 11 is 0. The second kappa shape index (κ2) is 7.04. The first-order chi connectivity index (χ1) is 12.7. The average molecular weight is 346 g/mol.